The number of rotatable bonds is 3. The molecule has 4 nitrogen and oxygen atoms in total. The molecule has 132 valence electrons. The largest absolute Gasteiger partial charge is 0.363 e. The standard InChI is InChI=1S/C21H19BrN2O2/c22-17-10-4-5-12-19(17)23-13-7-6-11-18(23)16-14-20(25)24(21(16)26)15-8-2-1-3-9-15/h1-5,8-10,12,14,18H,6-7,11,13H2. The number of carbonyl (C=O) groups excluding carboxylic acids is 2. The molecule has 0 aromatic heterocycles. The number of benzene rings is 2. The Morgan fingerprint density at radius 3 is 2.42 bits per heavy atom. The molecule has 1 unspecified atom stereocenters. The number of piperidine rings is 1. The van der Waals surface area contributed by atoms with Gasteiger partial charge in [0.15, 0.2) is 0 Å². The van der Waals surface area contributed by atoms with Crippen molar-refractivity contribution in [3.05, 3.63) is 70.7 Å². The van der Waals surface area contributed by atoms with Crippen LogP contribution in [0.25, 0.3) is 0 Å². The highest BCUT2D eigenvalue weighted by atomic mass is 79.9. The molecule has 26 heavy (non-hydrogen) atoms. The van der Waals surface area contributed by atoms with Gasteiger partial charge in [-0.05, 0) is 59.5 Å². The minimum absolute atomic E-state index is 0.0763. The van der Waals surface area contributed by atoms with Crippen LogP contribution in [0.1, 0.15) is 19.3 Å². The zero-order valence-electron chi connectivity index (χ0n) is 14.3. The van der Waals surface area contributed by atoms with Crippen molar-refractivity contribution < 1.29 is 9.59 Å². The highest BCUT2D eigenvalue weighted by molar-refractivity contribution is 9.10. The minimum Gasteiger partial charge on any atom is -0.363 e. The van der Waals surface area contributed by atoms with E-state index in [0.717, 1.165) is 36.0 Å². The van der Waals surface area contributed by atoms with Crippen LogP contribution in [0.15, 0.2) is 70.7 Å². The van der Waals surface area contributed by atoms with E-state index in [1.807, 2.05) is 36.4 Å². The maximum Gasteiger partial charge on any atom is 0.263 e. The first kappa shape index (κ1) is 17.0. The van der Waals surface area contributed by atoms with Crippen LogP contribution in [-0.4, -0.2) is 24.4 Å². The molecule has 0 radical (unpaired) electrons. The fourth-order valence-electron chi connectivity index (χ4n) is 3.78. The lowest BCUT2D eigenvalue weighted by Crippen LogP contribution is -2.44. The number of para-hydroxylation sites is 2. The van der Waals surface area contributed by atoms with Gasteiger partial charge in [0.05, 0.1) is 17.4 Å². The van der Waals surface area contributed by atoms with Crippen LogP contribution in [0.5, 0.6) is 0 Å². The molecule has 2 aromatic carbocycles. The van der Waals surface area contributed by atoms with Crippen molar-refractivity contribution in [2.45, 2.75) is 25.3 Å². The molecular weight excluding hydrogens is 392 g/mol. The molecule has 0 aliphatic carbocycles. The zero-order chi connectivity index (χ0) is 18.1. The first-order valence-electron chi connectivity index (χ1n) is 8.83. The Kier molecular flexibility index (Phi) is 4.64. The second-order valence-corrected chi connectivity index (χ2v) is 7.42. The van der Waals surface area contributed by atoms with Crippen LogP contribution in [0, 0.1) is 0 Å². The Morgan fingerprint density at radius 1 is 0.923 bits per heavy atom. The van der Waals surface area contributed by atoms with Gasteiger partial charge in [-0.1, -0.05) is 30.3 Å². The Labute approximate surface area is 161 Å². The van der Waals surface area contributed by atoms with Crippen molar-refractivity contribution in [3.8, 4) is 0 Å². The summed E-state index contributed by atoms with van der Waals surface area (Å²) in [5, 5.41) is 0. The minimum atomic E-state index is -0.256. The molecular formula is C21H19BrN2O2. The van der Waals surface area contributed by atoms with Crippen molar-refractivity contribution >= 4 is 39.1 Å². The first-order chi connectivity index (χ1) is 12.7. The highest BCUT2D eigenvalue weighted by Gasteiger charge is 2.39. The summed E-state index contributed by atoms with van der Waals surface area (Å²) in [6.07, 6.45) is 4.52. The Balaban J connectivity index is 1.67. The third-order valence-electron chi connectivity index (χ3n) is 4.99. The van der Waals surface area contributed by atoms with E-state index in [-0.39, 0.29) is 17.9 Å². The average Bonchev–Trinajstić information content (AvgIpc) is 2.97. The summed E-state index contributed by atoms with van der Waals surface area (Å²) in [4.78, 5) is 29.2. The van der Waals surface area contributed by atoms with E-state index < -0.39 is 0 Å². The third kappa shape index (κ3) is 2.97. The maximum absolute atomic E-state index is 13.1. The van der Waals surface area contributed by atoms with Gasteiger partial charge in [-0.3, -0.25) is 9.59 Å². The number of anilines is 2. The van der Waals surface area contributed by atoms with E-state index in [1.54, 1.807) is 12.1 Å². The molecule has 0 N–H and O–H groups in total. The second kappa shape index (κ2) is 7.08. The van der Waals surface area contributed by atoms with E-state index in [1.165, 1.54) is 11.0 Å². The lowest BCUT2D eigenvalue weighted by Gasteiger charge is -2.38. The summed E-state index contributed by atoms with van der Waals surface area (Å²) in [6.45, 7) is 0.872. The fraction of sp³-hybridized carbons (Fsp3) is 0.238. The molecule has 1 atom stereocenters. The summed E-state index contributed by atoms with van der Waals surface area (Å²) in [7, 11) is 0. The number of amides is 2. The molecule has 2 aliphatic rings. The quantitative estimate of drug-likeness (QED) is 0.707. The smallest absolute Gasteiger partial charge is 0.263 e. The maximum atomic E-state index is 13.1. The predicted molar refractivity (Wildman–Crippen MR) is 106 cm³/mol. The SMILES string of the molecule is O=C1C=C(C2CCCCN2c2ccccc2Br)C(=O)N1c1ccccc1. The Hall–Kier alpha value is -2.40. The average molecular weight is 411 g/mol. The molecule has 2 aromatic rings. The fourth-order valence-corrected chi connectivity index (χ4v) is 4.29. The molecule has 2 heterocycles. The zero-order valence-corrected chi connectivity index (χ0v) is 15.9. The van der Waals surface area contributed by atoms with Gasteiger partial charge in [0.2, 0.25) is 0 Å². The van der Waals surface area contributed by atoms with Crippen LogP contribution in [-0.2, 0) is 9.59 Å². The van der Waals surface area contributed by atoms with Crippen molar-refractivity contribution in [3.63, 3.8) is 0 Å². The van der Waals surface area contributed by atoms with Crippen LogP contribution in [0.2, 0.25) is 0 Å². The first-order valence-corrected chi connectivity index (χ1v) is 9.62. The van der Waals surface area contributed by atoms with Crippen molar-refractivity contribution in [1.29, 1.82) is 0 Å². The van der Waals surface area contributed by atoms with Crippen molar-refractivity contribution in [2.75, 3.05) is 16.3 Å². The van der Waals surface area contributed by atoms with E-state index in [2.05, 4.69) is 26.9 Å². The molecule has 5 heteroatoms. The van der Waals surface area contributed by atoms with Gasteiger partial charge in [-0.25, -0.2) is 4.90 Å². The molecule has 0 saturated carbocycles. The number of imide groups is 1. The second-order valence-electron chi connectivity index (χ2n) is 6.57. The Morgan fingerprint density at radius 2 is 1.65 bits per heavy atom. The number of hydrogen-bond donors (Lipinski definition) is 0. The summed E-state index contributed by atoms with van der Waals surface area (Å²) >= 11 is 3.62. The number of halogens is 1. The highest BCUT2D eigenvalue weighted by Crippen LogP contribution is 2.36. The molecule has 2 amide bonds. The number of hydrogen-bond acceptors (Lipinski definition) is 3. The van der Waals surface area contributed by atoms with Crippen molar-refractivity contribution in [1.82, 2.24) is 0 Å². The summed E-state index contributed by atoms with van der Waals surface area (Å²) in [6, 6.07) is 17.1. The normalized spacial score (nSPS) is 20.5. The molecule has 2 aliphatic heterocycles. The van der Waals surface area contributed by atoms with E-state index >= 15 is 0 Å². The lowest BCUT2D eigenvalue weighted by molar-refractivity contribution is -0.120. The molecule has 4 rings (SSSR count). The van der Waals surface area contributed by atoms with Gasteiger partial charge in [-0.15, -0.1) is 0 Å². The molecule has 1 fully saturated rings. The predicted octanol–water partition coefficient (Wildman–Crippen LogP) is 4.31. The Bertz CT molecular complexity index is 879. The van der Waals surface area contributed by atoms with Crippen LogP contribution in [0.3, 0.4) is 0 Å². The van der Waals surface area contributed by atoms with Crippen LogP contribution >= 0.6 is 15.9 Å². The van der Waals surface area contributed by atoms with Gasteiger partial charge in [0.25, 0.3) is 11.8 Å². The topological polar surface area (TPSA) is 40.6 Å². The monoisotopic (exact) mass is 410 g/mol. The van der Waals surface area contributed by atoms with Crippen molar-refractivity contribution in [2.24, 2.45) is 0 Å². The van der Waals surface area contributed by atoms with Gasteiger partial charge >= 0.3 is 0 Å². The molecule has 0 spiro atoms. The number of nitrogens with zero attached hydrogens (tertiary/aromatic N) is 2. The lowest BCUT2D eigenvalue weighted by atomic mass is 9.94. The summed E-state index contributed by atoms with van der Waals surface area (Å²) in [5.41, 5.74) is 2.28. The van der Waals surface area contributed by atoms with Crippen LogP contribution in [0.4, 0.5) is 11.4 Å². The van der Waals surface area contributed by atoms with Gasteiger partial charge in [0, 0.05) is 22.7 Å². The summed E-state index contributed by atoms with van der Waals surface area (Å²) < 4.78 is 1.00. The van der Waals surface area contributed by atoms with Crippen LogP contribution < -0.4 is 9.80 Å². The molecule has 0 bridgehead atoms. The third-order valence-corrected chi connectivity index (χ3v) is 5.66. The number of carbonyl (C=O) groups is 2. The van der Waals surface area contributed by atoms with E-state index in [0.29, 0.717) is 11.3 Å². The van der Waals surface area contributed by atoms with Gasteiger partial charge in [0.1, 0.15) is 0 Å². The summed E-state index contributed by atoms with van der Waals surface area (Å²) in [5.74, 6) is -0.459. The molecule has 1 saturated heterocycles. The van der Waals surface area contributed by atoms with Gasteiger partial charge in [-0.2, -0.15) is 0 Å². The van der Waals surface area contributed by atoms with E-state index in [4.69, 9.17) is 0 Å². The van der Waals surface area contributed by atoms with E-state index in [9.17, 15) is 9.59 Å². The van der Waals surface area contributed by atoms with Gasteiger partial charge < -0.3 is 4.90 Å².